The molecule has 0 aliphatic carbocycles. The summed E-state index contributed by atoms with van der Waals surface area (Å²) in [7, 11) is 0. The summed E-state index contributed by atoms with van der Waals surface area (Å²) in [6.45, 7) is -1.86. The summed E-state index contributed by atoms with van der Waals surface area (Å²) in [6, 6.07) is 10.1. The van der Waals surface area contributed by atoms with E-state index in [1.807, 2.05) is 0 Å². The van der Waals surface area contributed by atoms with Crippen molar-refractivity contribution >= 4 is 17.4 Å². The number of aliphatic hydroxyl groups excluding tert-OH is 1. The van der Waals surface area contributed by atoms with Gasteiger partial charge in [-0.3, -0.25) is 9.36 Å². The molecule has 2 heterocycles. The molecule has 1 N–H and O–H groups in total. The third kappa shape index (κ3) is 7.18. The van der Waals surface area contributed by atoms with Gasteiger partial charge in [0.05, 0.1) is 18.7 Å². The third-order valence-electron chi connectivity index (χ3n) is 5.64. The topological polar surface area (TPSA) is 108 Å². The normalized spacial score (nSPS) is 13.0. The van der Waals surface area contributed by atoms with Gasteiger partial charge in [0.2, 0.25) is 5.78 Å². The molecular formula is C24H18ClF7N6O3. The number of halogens is 8. The van der Waals surface area contributed by atoms with E-state index in [1.54, 1.807) is 0 Å². The van der Waals surface area contributed by atoms with Gasteiger partial charge in [-0.05, 0) is 42.5 Å². The maximum Gasteiger partial charge on any atom is 0.416 e. The Hall–Kier alpha value is -4.05. The first-order valence-electron chi connectivity index (χ1n) is 11.6. The number of carbonyl (C=O) groups excluding carboxylic acids is 1. The molecule has 41 heavy (non-hydrogen) atoms. The first-order valence-corrected chi connectivity index (χ1v) is 12.0. The summed E-state index contributed by atoms with van der Waals surface area (Å²) < 4.78 is 93.3. The lowest BCUT2D eigenvalue weighted by molar-refractivity contribution is -0.207. The summed E-state index contributed by atoms with van der Waals surface area (Å²) in [5.41, 5.74) is -1.02. The Morgan fingerprint density at radius 3 is 2.32 bits per heavy atom. The number of ketones is 1. The molecule has 0 radical (unpaired) electrons. The van der Waals surface area contributed by atoms with E-state index in [4.69, 9.17) is 11.6 Å². The Morgan fingerprint density at radius 2 is 1.71 bits per heavy atom. The Morgan fingerprint density at radius 1 is 1.02 bits per heavy atom. The smallest absolute Gasteiger partial charge is 0.382 e. The number of hydrogen-bond donors (Lipinski definition) is 1. The van der Waals surface area contributed by atoms with Crippen LogP contribution < -0.4 is 5.69 Å². The van der Waals surface area contributed by atoms with Crippen molar-refractivity contribution in [3.8, 4) is 17.1 Å². The summed E-state index contributed by atoms with van der Waals surface area (Å²) in [6.07, 6.45) is -15.1. The van der Waals surface area contributed by atoms with Crippen molar-refractivity contribution in [2.45, 2.75) is 44.4 Å². The fourth-order valence-electron chi connectivity index (χ4n) is 3.69. The molecule has 0 fully saturated rings. The average molecular weight is 607 g/mol. The van der Waals surface area contributed by atoms with Crippen LogP contribution in [-0.4, -0.2) is 58.5 Å². The number of alkyl halides is 6. The van der Waals surface area contributed by atoms with E-state index in [0.29, 0.717) is 9.25 Å². The second-order valence-corrected chi connectivity index (χ2v) is 9.16. The minimum atomic E-state index is -5.06. The number of aromatic nitrogens is 6. The molecule has 4 rings (SSSR count). The van der Waals surface area contributed by atoms with Gasteiger partial charge >= 0.3 is 18.0 Å². The van der Waals surface area contributed by atoms with Gasteiger partial charge in [0, 0.05) is 17.0 Å². The predicted octanol–water partition coefficient (Wildman–Crippen LogP) is 4.58. The summed E-state index contributed by atoms with van der Waals surface area (Å²) in [5.74, 6) is -3.04. The zero-order valence-corrected chi connectivity index (χ0v) is 21.3. The van der Waals surface area contributed by atoms with Crippen molar-refractivity contribution in [3.05, 3.63) is 81.5 Å². The van der Waals surface area contributed by atoms with Crippen molar-refractivity contribution in [2.24, 2.45) is 0 Å². The van der Waals surface area contributed by atoms with Crippen LogP contribution in [0.3, 0.4) is 0 Å². The highest BCUT2D eigenvalue weighted by molar-refractivity contribution is 6.30. The molecule has 0 bridgehead atoms. The molecular weight excluding hydrogens is 589 g/mol. The maximum absolute atomic E-state index is 13.9. The summed E-state index contributed by atoms with van der Waals surface area (Å²) in [5, 5.41) is 18.0. The first-order chi connectivity index (χ1) is 19.1. The van der Waals surface area contributed by atoms with Gasteiger partial charge in [-0.15, -0.1) is 10.2 Å². The molecule has 0 spiro atoms. The summed E-state index contributed by atoms with van der Waals surface area (Å²) in [4.78, 5) is 29.7. The highest BCUT2D eigenvalue weighted by atomic mass is 35.5. The van der Waals surface area contributed by atoms with E-state index < -0.39 is 67.5 Å². The van der Waals surface area contributed by atoms with Gasteiger partial charge in [-0.25, -0.2) is 23.5 Å². The first kappa shape index (κ1) is 29.9. The molecule has 2 aromatic heterocycles. The van der Waals surface area contributed by atoms with E-state index >= 15 is 0 Å². The zero-order valence-electron chi connectivity index (χ0n) is 20.5. The van der Waals surface area contributed by atoms with Gasteiger partial charge in [0.1, 0.15) is 12.4 Å². The zero-order chi connectivity index (χ0) is 30.1. The lowest BCUT2D eigenvalue weighted by atomic mass is 10.2. The lowest BCUT2D eigenvalue weighted by Crippen LogP contribution is -2.37. The second kappa shape index (κ2) is 11.4. The number of nitrogens with zero attached hydrogens (tertiary/aromatic N) is 6. The van der Waals surface area contributed by atoms with Crippen LogP contribution in [0.5, 0.6) is 0 Å². The largest absolute Gasteiger partial charge is 0.416 e. The minimum Gasteiger partial charge on any atom is -0.382 e. The van der Waals surface area contributed by atoms with Crippen LogP contribution in [0.2, 0.25) is 5.02 Å². The number of rotatable bonds is 9. The fraction of sp³-hybridized carbons (Fsp3) is 0.292. The lowest BCUT2D eigenvalue weighted by Gasteiger charge is -2.15. The molecule has 2 aromatic carbocycles. The molecule has 0 amide bonds. The van der Waals surface area contributed by atoms with Crippen molar-refractivity contribution in [2.75, 3.05) is 0 Å². The van der Waals surface area contributed by atoms with E-state index in [1.165, 1.54) is 36.4 Å². The predicted molar refractivity (Wildman–Crippen MR) is 129 cm³/mol. The van der Waals surface area contributed by atoms with Gasteiger partial charge in [-0.1, -0.05) is 17.7 Å². The molecule has 0 saturated heterocycles. The quantitative estimate of drug-likeness (QED) is 0.221. The molecule has 9 nitrogen and oxygen atoms in total. The minimum absolute atomic E-state index is 0.0628. The van der Waals surface area contributed by atoms with Crippen LogP contribution in [0.1, 0.15) is 29.3 Å². The van der Waals surface area contributed by atoms with Crippen molar-refractivity contribution in [1.82, 2.24) is 29.1 Å². The standard InChI is InChI=1S/C24H18ClF7N6O3/c25-14-6-4-13(5-7-14)20-35-37(22(41)36(20)11-18(40)24(30,31)32)12-19-33-21(17(39)8-9-23(27,28)29)38(34-19)16-3-1-2-15(26)10-16/h1-7,10,18,40H,8-9,11-12H2/t18-/m0/s1. The molecule has 0 unspecified atom stereocenters. The van der Waals surface area contributed by atoms with Gasteiger partial charge < -0.3 is 5.11 Å². The van der Waals surface area contributed by atoms with Gasteiger partial charge in [0.25, 0.3) is 0 Å². The second-order valence-electron chi connectivity index (χ2n) is 8.72. The summed E-state index contributed by atoms with van der Waals surface area (Å²) >= 11 is 5.86. The van der Waals surface area contributed by atoms with Crippen molar-refractivity contribution in [1.29, 1.82) is 0 Å². The number of Topliss-reactive ketones (excluding diaryl/α,β-unsaturated/α-hetero) is 1. The Bertz CT molecular complexity index is 1610. The monoisotopic (exact) mass is 606 g/mol. The molecule has 218 valence electrons. The molecule has 0 aliphatic rings. The maximum atomic E-state index is 13.9. The molecule has 0 aliphatic heterocycles. The molecule has 0 saturated carbocycles. The van der Waals surface area contributed by atoms with E-state index in [2.05, 4.69) is 15.2 Å². The molecule has 1 atom stereocenters. The van der Waals surface area contributed by atoms with Gasteiger partial charge in [0.15, 0.2) is 23.6 Å². The Kier molecular flexibility index (Phi) is 8.35. The highest BCUT2D eigenvalue weighted by Crippen LogP contribution is 2.25. The van der Waals surface area contributed by atoms with Crippen LogP contribution in [0.15, 0.2) is 53.3 Å². The van der Waals surface area contributed by atoms with Crippen LogP contribution in [-0.2, 0) is 13.1 Å². The van der Waals surface area contributed by atoms with Crippen molar-refractivity contribution in [3.63, 3.8) is 0 Å². The van der Waals surface area contributed by atoms with E-state index in [-0.39, 0.29) is 27.9 Å². The fourth-order valence-corrected chi connectivity index (χ4v) is 3.81. The van der Waals surface area contributed by atoms with Crippen LogP contribution >= 0.6 is 11.6 Å². The number of aliphatic hydroxyl groups is 1. The number of benzene rings is 2. The van der Waals surface area contributed by atoms with Crippen LogP contribution in [0.25, 0.3) is 17.1 Å². The molecule has 17 heteroatoms. The highest BCUT2D eigenvalue weighted by Gasteiger charge is 2.39. The number of carbonyl (C=O) groups is 1. The van der Waals surface area contributed by atoms with Crippen LogP contribution in [0, 0.1) is 5.82 Å². The molecule has 4 aromatic rings. The SMILES string of the molecule is O=C(CCC(F)(F)F)c1nc(Cn2nc(-c3ccc(Cl)cc3)n(C[C@H](O)C(F)(F)F)c2=O)nn1-c1cccc(F)c1. The Labute approximate surface area is 230 Å². The Balaban J connectivity index is 1.76. The van der Waals surface area contributed by atoms with E-state index in [9.17, 15) is 45.4 Å². The van der Waals surface area contributed by atoms with Crippen LogP contribution in [0.4, 0.5) is 30.7 Å². The van der Waals surface area contributed by atoms with Crippen molar-refractivity contribution < 1.29 is 40.6 Å². The van der Waals surface area contributed by atoms with Gasteiger partial charge in [-0.2, -0.15) is 26.3 Å². The average Bonchev–Trinajstić information content (AvgIpc) is 3.44. The number of hydrogen-bond acceptors (Lipinski definition) is 6. The van der Waals surface area contributed by atoms with E-state index in [0.717, 1.165) is 16.8 Å². The third-order valence-corrected chi connectivity index (χ3v) is 5.89.